The highest BCUT2D eigenvalue weighted by Gasteiger charge is 2.54. The number of alkyl halides is 1. The molecule has 5 nitrogen and oxygen atoms in total. The summed E-state index contributed by atoms with van der Waals surface area (Å²) in [7, 11) is 0. The standard InChI is InChI=1S/C24H39FO5/c1-3-4-11-23(2,25)12-10-22(30-19-7-6-15-27-18-19)20-9-13-24(28-16-17-29-24)21(20)8-5-14-26/h10,14,19-21H,3-9,11-13,15-18H2,1-2H3. The third kappa shape index (κ3) is 6.04. The number of allylic oxidation sites excluding steroid dienone is 2. The number of hydrogen-bond acceptors (Lipinski definition) is 5. The number of halogens is 1. The van der Waals surface area contributed by atoms with E-state index in [1.54, 1.807) is 6.92 Å². The molecular formula is C24H39FO5. The molecule has 1 aliphatic carbocycles. The lowest BCUT2D eigenvalue weighted by Crippen LogP contribution is -2.38. The van der Waals surface area contributed by atoms with Crippen LogP contribution in [0.1, 0.15) is 78.1 Å². The largest absolute Gasteiger partial charge is 0.492 e. The normalized spacial score (nSPS) is 31.0. The van der Waals surface area contributed by atoms with Crippen LogP contribution in [-0.4, -0.2) is 50.3 Å². The van der Waals surface area contributed by atoms with Gasteiger partial charge >= 0.3 is 0 Å². The zero-order chi connectivity index (χ0) is 21.5. The number of carbonyl (C=O) groups excluding carboxylic acids is 1. The van der Waals surface area contributed by atoms with Gasteiger partial charge in [0.2, 0.25) is 0 Å². The van der Waals surface area contributed by atoms with E-state index >= 15 is 4.39 Å². The molecule has 3 rings (SSSR count). The van der Waals surface area contributed by atoms with Crippen LogP contribution < -0.4 is 0 Å². The summed E-state index contributed by atoms with van der Waals surface area (Å²) in [6.07, 6.45) is 10.4. The zero-order valence-corrected chi connectivity index (χ0v) is 18.7. The maximum atomic E-state index is 15.1. The van der Waals surface area contributed by atoms with E-state index in [1.807, 2.05) is 6.08 Å². The molecule has 0 amide bonds. The minimum absolute atomic E-state index is 0.000180. The number of rotatable bonds is 11. The molecule has 3 fully saturated rings. The van der Waals surface area contributed by atoms with E-state index in [4.69, 9.17) is 18.9 Å². The van der Waals surface area contributed by atoms with Crippen molar-refractivity contribution in [1.29, 1.82) is 0 Å². The molecule has 0 aromatic heterocycles. The summed E-state index contributed by atoms with van der Waals surface area (Å²) in [6, 6.07) is 0. The third-order valence-corrected chi connectivity index (χ3v) is 6.79. The van der Waals surface area contributed by atoms with Crippen molar-refractivity contribution >= 4 is 6.29 Å². The predicted molar refractivity (Wildman–Crippen MR) is 113 cm³/mol. The molecule has 0 N–H and O–H groups in total. The van der Waals surface area contributed by atoms with Crippen molar-refractivity contribution in [1.82, 2.24) is 0 Å². The van der Waals surface area contributed by atoms with Crippen LogP contribution in [0.3, 0.4) is 0 Å². The van der Waals surface area contributed by atoms with E-state index in [2.05, 4.69) is 6.92 Å². The maximum absolute atomic E-state index is 15.1. The summed E-state index contributed by atoms with van der Waals surface area (Å²) in [5.41, 5.74) is -1.25. The Morgan fingerprint density at radius 1 is 1.27 bits per heavy atom. The average Bonchev–Trinajstić information content (AvgIpc) is 3.36. The van der Waals surface area contributed by atoms with Crippen LogP contribution in [0.2, 0.25) is 0 Å². The Kier molecular flexibility index (Phi) is 8.72. The third-order valence-electron chi connectivity index (χ3n) is 6.79. The van der Waals surface area contributed by atoms with Crippen molar-refractivity contribution in [2.75, 3.05) is 26.4 Å². The van der Waals surface area contributed by atoms with Crippen LogP contribution in [0.4, 0.5) is 4.39 Å². The topological polar surface area (TPSA) is 54.0 Å². The fourth-order valence-electron chi connectivity index (χ4n) is 5.13. The second-order valence-corrected chi connectivity index (χ2v) is 9.29. The Hall–Kier alpha value is -0.980. The van der Waals surface area contributed by atoms with Crippen LogP contribution in [-0.2, 0) is 23.7 Å². The van der Waals surface area contributed by atoms with Gasteiger partial charge in [-0.1, -0.05) is 19.8 Å². The Morgan fingerprint density at radius 2 is 2.07 bits per heavy atom. The molecule has 3 aliphatic rings. The second-order valence-electron chi connectivity index (χ2n) is 9.29. The summed E-state index contributed by atoms with van der Waals surface area (Å²) >= 11 is 0. The number of ether oxygens (including phenoxy) is 4. The van der Waals surface area contributed by atoms with Crippen molar-refractivity contribution in [3.8, 4) is 0 Å². The van der Waals surface area contributed by atoms with Gasteiger partial charge in [-0.2, -0.15) is 0 Å². The first-order chi connectivity index (χ1) is 14.5. The van der Waals surface area contributed by atoms with Crippen molar-refractivity contribution in [3.63, 3.8) is 0 Å². The van der Waals surface area contributed by atoms with Crippen molar-refractivity contribution < 1.29 is 28.1 Å². The first-order valence-electron chi connectivity index (χ1n) is 11.8. The van der Waals surface area contributed by atoms with E-state index in [1.165, 1.54) is 0 Å². The van der Waals surface area contributed by atoms with E-state index in [-0.39, 0.29) is 17.9 Å². The Labute approximate surface area is 180 Å². The molecule has 0 radical (unpaired) electrons. The van der Waals surface area contributed by atoms with Gasteiger partial charge < -0.3 is 23.7 Å². The average molecular weight is 427 g/mol. The van der Waals surface area contributed by atoms with Gasteiger partial charge in [0.15, 0.2) is 5.79 Å². The molecule has 2 heterocycles. The van der Waals surface area contributed by atoms with Gasteiger partial charge in [-0.15, -0.1) is 0 Å². The summed E-state index contributed by atoms with van der Waals surface area (Å²) in [4.78, 5) is 11.1. The Morgan fingerprint density at radius 3 is 2.73 bits per heavy atom. The lowest BCUT2D eigenvalue weighted by Gasteiger charge is -2.34. The van der Waals surface area contributed by atoms with Gasteiger partial charge in [0.05, 0.1) is 25.6 Å². The molecule has 6 heteroatoms. The lowest BCUT2D eigenvalue weighted by molar-refractivity contribution is -0.188. The van der Waals surface area contributed by atoms with Crippen molar-refractivity contribution in [2.24, 2.45) is 11.8 Å². The molecule has 0 aromatic rings. The van der Waals surface area contributed by atoms with Crippen LogP contribution >= 0.6 is 0 Å². The van der Waals surface area contributed by atoms with Crippen LogP contribution in [0, 0.1) is 11.8 Å². The van der Waals surface area contributed by atoms with Crippen LogP contribution in [0.15, 0.2) is 11.8 Å². The monoisotopic (exact) mass is 426 g/mol. The van der Waals surface area contributed by atoms with E-state index in [0.29, 0.717) is 45.5 Å². The van der Waals surface area contributed by atoms with Gasteiger partial charge in [-0.3, -0.25) is 0 Å². The maximum Gasteiger partial charge on any atom is 0.172 e. The molecule has 1 saturated carbocycles. The number of unbranched alkanes of at least 4 members (excludes halogenated alkanes) is 1. The van der Waals surface area contributed by atoms with E-state index < -0.39 is 11.5 Å². The van der Waals surface area contributed by atoms with Gasteiger partial charge in [0.25, 0.3) is 0 Å². The second kappa shape index (κ2) is 11.1. The van der Waals surface area contributed by atoms with Gasteiger partial charge in [0.1, 0.15) is 18.1 Å². The highest BCUT2D eigenvalue weighted by atomic mass is 19.1. The SMILES string of the molecule is CCCCC(C)(F)CC=C(OC1CCCOC1)C1CCC2(OCCO2)C1CCC=O. The zero-order valence-electron chi connectivity index (χ0n) is 18.7. The number of carbonyl (C=O) groups is 1. The molecule has 0 aromatic carbocycles. The van der Waals surface area contributed by atoms with Gasteiger partial charge in [-0.05, 0) is 45.1 Å². The van der Waals surface area contributed by atoms with Crippen LogP contribution in [0.5, 0.6) is 0 Å². The first kappa shape index (κ1) is 23.7. The quantitative estimate of drug-likeness (QED) is 0.339. The predicted octanol–water partition coefficient (Wildman–Crippen LogP) is 5.12. The molecule has 2 aliphatic heterocycles. The first-order valence-corrected chi connectivity index (χ1v) is 11.8. The molecule has 4 unspecified atom stereocenters. The molecular weight excluding hydrogens is 387 g/mol. The molecule has 30 heavy (non-hydrogen) atoms. The number of aldehydes is 1. The minimum atomic E-state index is -1.25. The Bertz CT molecular complexity index is 564. The summed E-state index contributed by atoms with van der Waals surface area (Å²) in [5, 5.41) is 0. The summed E-state index contributed by atoms with van der Waals surface area (Å²) < 4.78 is 39.3. The Balaban J connectivity index is 1.79. The summed E-state index contributed by atoms with van der Waals surface area (Å²) in [5.74, 6) is 0.340. The molecule has 1 spiro atoms. The molecule has 4 atom stereocenters. The van der Waals surface area contributed by atoms with Gasteiger partial charge in [-0.25, -0.2) is 4.39 Å². The van der Waals surface area contributed by atoms with E-state index in [0.717, 1.165) is 57.2 Å². The molecule has 2 saturated heterocycles. The number of hydrogen-bond donors (Lipinski definition) is 0. The minimum Gasteiger partial charge on any atom is -0.492 e. The van der Waals surface area contributed by atoms with Crippen molar-refractivity contribution in [2.45, 2.75) is 95.6 Å². The lowest BCUT2D eigenvalue weighted by atomic mass is 9.86. The summed E-state index contributed by atoms with van der Waals surface area (Å²) in [6.45, 7) is 6.28. The molecule has 0 bridgehead atoms. The fraction of sp³-hybridized carbons (Fsp3) is 0.875. The smallest absolute Gasteiger partial charge is 0.172 e. The molecule has 172 valence electrons. The fourth-order valence-corrected chi connectivity index (χ4v) is 5.13. The van der Waals surface area contributed by atoms with E-state index in [9.17, 15) is 4.79 Å². The highest BCUT2D eigenvalue weighted by Crippen LogP contribution is 2.51. The van der Waals surface area contributed by atoms with Crippen molar-refractivity contribution in [3.05, 3.63) is 11.8 Å². The van der Waals surface area contributed by atoms with Gasteiger partial charge in [0, 0.05) is 37.7 Å². The van der Waals surface area contributed by atoms with Crippen LogP contribution in [0.25, 0.3) is 0 Å². The highest BCUT2D eigenvalue weighted by molar-refractivity contribution is 5.49.